The van der Waals surface area contributed by atoms with Gasteiger partial charge in [0.05, 0.1) is 30.9 Å². The number of carbonyl (C=O) groups excluding carboxylic acids is 1. The van der Waals surface area contributed by atoms with Crippen molar-refractivity contribution in [2.24, 2.45) is 0 Å². The summed E-state index contributed by atoms with van der Waals surface area (Å²) in [5.74, 6) is 0.325. The van der Waals surface area contributed by atoms with Crippen molar-refractivity contribution in [2.75, 3.05) is 32.2 Å². The third-order valence-electron chi connectivity index (χ3n) is 4.27. The number of anilines is 1. The molecule has 0 heterocycles. The van der Waals surface area contributed by atoms with Gasteiger partial charge in [-0.1, -0.05) is 12.1 Å². The highest BCUT2D eigenvalue weighted by atomic mass is 19.4. The largest absolute Gasteiger partial charge is 0.493 e. The summed E-state index contributed by atoms with van der Waals surface area (Å²) in [4.78, 5) is 12.2. The highest BCUT2D eigenvalue weighted by Gasteiger charge is 2.31. The predicted octanol–water partition coefficient (Wildman–Crippen LogP) is 4.76. The second-order valence-corrected chi connectivity index (χ2v) is 6.39. The smallest absolute Gasteiger partial charge is 0.416 e. The van der Waals surface area contributed by atoms with Gasteiger partial charge >= 0.3 is 6.18 Å². The maximum absolute atomic E-state index is 13.0. The molecule has 1 N–H and O–H groups in total. The van der Waals surface area contributed by atoms with Crippen molar-refractivity contribution >= 4 is 11.6 Å². The van der Waals surface area contributed by atoms with E-state index in [-0.39, 0.29) is 37.7 Å². The van der Waals surface area contributed by atoms with Gasteiger partial charge < -0.3 is 19.5 Å². The fourth-order valence-electron chi connectivity index (χ4n) is 2.51. The molecule has 0 bridgehead atoms. The summed E-state index contributed by atoms with van der Waals surface area (Å²) in [6, 6.07) is 8.54. The Labute approximate surface area is 167 Å². The number of aryl methyl sites for hydroxylation is 1. The molecular formula is C21H24F3NO4. The van der Waals surface area contributed by atoms with E-state index >= 15 is 0 Å². The quantitative estimate of drug-likeness (QED) is 0.605. The SMILES string of the molecule is COCCOc1ccc(C(F)(F)F)cc1NC(=O)CCOc1cccc(C)c1C. The van der Waals surface area contributed by atoms with Crippen LogP contribution in [-0.4, -0.2) is 32.8 Å². The highest BCUT2D eigenvalue weighted by Crippen LogP contribution is 2.35. The first-order valence-electron chi connectivity index (χ1n) is 9.04. The molecule has 0 fully saturated rings. The van der Waals surface area contributed by atoms with E-state index in [9.17, 15) is 18.0 Å². The van der Waals surface area contributed by atoms with Crippen molar-refractivity contribution < 1.29 is 32.2 Å². The van der Waals surface area contributed by atoms with Crippen molar-refractivity contribution in [3.8, 4) is 11.5 Å². The van der Waals surface area contributed by atoms with Gasteiger partial charge in [-0.15, -0.1) is 0 Å². The van der Waals surface area contributed by atoms with Crippen molar-refractivity contribution in [3.05, 3.63) is 53.1 Å². The molecule has 5 nitrogen and oxygen atoms in total. The van der Waals surface area contributed by atoms with E-state index in [0.717, 1.165) is 23.3 Å². The van der Waals surface area contributed by atoms with E-state index < -0.39 is 17.6 Å². The molecule has 2 rings (SSSR count). The molecule has 1 amide bonds. The number of methoxy groups -OCH3 is 1. The lowest BCUT2D eigenvalue weighted by atomic mass is 10.1. The summed E-state index contributed by atoms with van der Waals surface area (Å²) in [7, 11) is 1.48. The second kappa shape index (κ2) is 10.2. The standard InChI is InChI=1S/C21H24F3NO4/c1-14-5-4-6-18(15(14)2)28-10-9-20(26)25-17-13-16(21(22,23)24)7-8-19(17)29-12-11-27-3/h4-8,13H,9-12H2,1-3H3,(H,25,26). The van der Waals surface area contributed by atoms with Gasteiger partial charge in [-0.05, 0) is 49.2 Å². The molecule has 0 spiro atoms. The Kier molecular flexibility index (Phi) is 7.90. The van der Waals surface area contributed by atoms with Crippen LogP contribution in [0.4, 0.5) is 18.9 Å². The summed E-state index contributed by atoms with van der Waals surface area (Å²) < 4.78 is 54.9. The molecule has 0 unspecified atom stereocenters. The third kappa shape index (κ3) is 6.67. The fourth-order valence-corrected chi connectivity index (χ4v) is 2.51. The normalized spacial score (nSPS) is 11.2. The summed E-state index contributed by atoms with van der Waals surface area (Å²) >= 11 is 0. The van der Waals surface area contributed by atoms with Crippen LogP contribution in [0.15, 0.2) is 36.4 Å². The lowest BCUT2D eigenvalue weighted by Crippen LogP contribution is -2.17. The minimum atomic E-state index is -4.53. The highest BCUT2D eigenvalue weighted by molar-refractivity contribution is 5.92. The van der Waals surface area contributed by atoms with Crippen LogP contribution in [-0.2, 0) is 15.7 Å². The van der Waals surface area contributed by atoms with Gasteiger partial charge in [-0.3, -0.25) is 4.79 Å². The van der Waals surface area contributed by atoms with Crippen LogP contribution in [0.2, 0.25) is 0 Å². The minimum Gasteiger partial charge on any atom is -0.493 e. The predicted molar refractivity (Wildman–Crippen MR) is 103 cm³/mol. The van der Waals surface area contributed by atoms with E-state index in [1.165, 1.54) is 13.2 Å². The molecule has 2 aromatic rings. The van der Waals surface area contributed by atoms with Crippen LogP contribution >= 0.6 is 0 Å². The lowest BCUT2D eigenvalue weighted by molar-refractivity contribution is -0.137. The van der Waals surface area contributed by atoms with Crippen molar-refractivity contribution in [3.63, 3.8) is 0 Å². The number of rotatable bonds is 9. The number of hydrogen-bond acceptors (Lipinski definition) is 4. The van der Waals surface area contributed by atoms with E-state index in [0.29, 0.717) is 5.75 Å². The van der Waals surface area contributed by atoms with Gasteiger partial charge in [-0.2, -0.15) is 13.2 Å². The topological polar surface area (TPSA) is 56.8 Å². The summed E-state index contributed by atoms with van der Waals surface area (Å²) in [5, 5.41) is 2.48. The van der Waals surface area contributed by atoms with Gasteiger partial charge in [0.15, 0.2) is 0 Å². The molecule has 0 aromatic heterocycles. The molecule has 0 atom stereocenters. The average Bonchev–Trinajstić information content (AvgIpc) is 2.65. The number of hydrogen-bond donors (Lipinski definition) is 1. The zero-order chi connectivity index (χ0) is 21.4. The number of nitrogens with one attached hydrogen (secondary N) is 1. The van der Waals surface area contributed by atoms with E-state index in [1.54, 1.807) is 6.07 Å². The molecule has 2 aromatic carbocycles. The molecule has 0 aliphatic heterocycles. The average molecular weight is 411 g/mol. The maximum atomic E-state index is 13.0. The first-order valence-corrected chi connectivity index (χ1v) is 9.04. The summed E-state index contributed by atoms with van der Waals surface area (Å²) in [6.45, 7) is 4.36. The minimum absolute atomic E-state index is 0.0266. The van der Waals surface area contributed by atoms with Crippen molar-refractivity contribution in [1.29, 1.82) is 0 Å². The van der Waals surface area contributed by atoms with Crippen molar-refractivity contribution in [2.45, 2.75) is 26.4 Å². The molecular weight excluding hydrogens is 387 g/mol. The zero-order valence-corrected chi connectivity index (χ0v) is 16.6. The van der Waals surface area contributed by atoms with E-state index in [1.807, 2.05) is 26.0 Å². The Hall–Kier alpha value is -2.74. The Morgan fingerprint density at radius 3 is 2.41 bits per heavy atom. The van der Waals surface area contributed by atoms with Crippen LogP contribution in [0.25, 0.3) is 0 Å². The Bertz CT molecular complexity index is 837. The summed E-state index contributed by atoms with van der Waals surface area (Å²) in [6.07, 6.45) is -4.56. The van der Waals surface area contributed by atoms with E-state index in [4.69, 9.17) is 14.2 Å². The van der Waals surface area contributed by atoms with Gasteiger partial charge in [-0.25, -0.2) is 0 Å². The van der Waals surface area contributed by atoms with Crippen molar-refractivity contribution in [1.82, 2.24) is 0 Å². The van der Waals surface area contributed by atoms with Crippen LogP contribution in [0.5, 0.6) is 11.5 Å². The molecule has 8 heteroatoms. The third-order valence-corrected chi connectivity index (χ3v) is 4.27. The van der Waals surface area contributed by atoms with Gasteiger partial charge in [0, 0.05) is 7.11 Å². The van der Waals surface area contributed by atoms with Crippen LogP contribution in [0, 0.1) is 13.8 Å². The van der Waals surface area contributed by atoms with Gasteiger partial charge in [0.2, 0.25) is 5.91 Å². The maximum Gasteiger partial charge on any atom is 0.416 e. The molecule has 0 radical (unpaired) electrons. The number of benzene rings is 2. The molecule has 0 aliphatic carbocycles. The number of carbonyl (C=O) groups is 1. The molecule has 0 aliphatic rings. The molecule has 0 saturated heterocycles. The summed E-state index contributed by atoms with van der Waals surface area (Å²) in [5.41, 5.74) is 1.11. The Morgan fingerprint density at radius 1 is 1.00 bits per heavy atom. The molecule has 0 saturated carbocycles. The first-order chi connectivity index (χ1) is 13.7. The number of halogens is 3. The first kappa shape index (κ1) is 22.5. The van der Waals surface area contributed by atoms with Crippen LogP contribution in [0.1, 0.15) is 23.1 Å². The van der Waals surface area contributed by atoms with Gasteiger partial charge in [0.25, 0.3) is 0 Å². The number of alkyl halides is 3. The lowest BCUT2D eigenvalue weighted by Gasteiger charge is -2.15. The fraction of sp³-hybridized carbons (Fsp3) is 0.381. The Balaban J connectivity index is 2.03. The van der Waals surface area contributed by atoms with Gasteiger partial charge in [0.1, 0.15) is 18.1 Å². The van der Waals surface area contributed by atoms with E-state index in [2.05, 4.69) is 5.32 Å². The zero-order valence-electron chi connectivity index (χ0n) is 16.6. The van der Waals surface area contributed by atoms with Crippen LogP contribution in [0.3, 0.4) is 0 Å². The Morgan fingerprint density at radius 2 is 1.72 bits per heavy atom. The molecule has 29 heavy (non-hydrogen) atoms. The number of amides is 1. The van der Waals surface area contributed by atoms with Crippen LogP contribution < -0.4 is 14.8 Å². The number of ether oxygens (including phenoxy) is 3. The second-order valence-electron chi connectivity index (χ2n) is 6.39. The molecule has 158 valence electrons. The monoisotopic (exact) mass is 411 g/mol.